The lowest BCUT2D eigenvalue weighted by Crippen LogP contribution is -2.39. The van der Waals surface area contributed by atoms with Crippen LogP contribution in [-0.4, -0.2) is 27.0 Å². The Balaban J connectivity index is 1.78. The molecule has 5 rings (SSSR count). The van der Waals surface area contributed by atoms with Crippen LogP contribution < -0.4 is 10.9 Å². The molecular weight excluding hydrogens is 448 g/mol. The molecule has 0 aliphatic carbocycles. The van der Waals surface area contributed by atoms with E-state index in [1.54, 1.807) is 10.8 Å². The summed E-state index contributed by atoms with van der Waals surface area (Å²) in [5.74, 6) is -0.222. The third kappa shape index (κ3) is 4.50. The highest BCUT2D eigenvalue weighted by atomic mass is 16.2. The van der Waals surface area contributed by atoms with Gasteiger partial charge < -0.3 is 5.32 Å². The van der Waals surface area contributed by atoms with Crippen molar-refractivity contribution in [1.29, 1.82) is 0 Å². The summed E-state index contributed by atoms with van der Waals surface area (Å²) < 4.78 is 1.60. The number of hydrogen-bond acceptors (Lipinski definition) is 4. The van der Waals surface area contributed by atoms with Crippen LogP contribution in [0, 0.1) is 0 Å². The first-order chi connectivity index (χ1) is 17.7. The van der Waals surface area contributed by atoms with Gasteiger partial charge in [0.1, 0.15) is 11.7 Å². The summed E-state index contributed by atoms with van der Waals surface area (Å²) in [4.78, 5) is 37.2. The summed E-state index contributed by atoms with van der Waals surface area (Å²) in [6.07, 6.45) is 4.66. The minimum absolute atomic E-state index is 0.222. The Hall–Kier alpha value is -4.32. The molecule has 0 saturated heterocycles. The number of aromatic nitrogens is 3. The zero-order chi connectivity index (χ0) is 24.9. The monoisotopic (exact) mass is 476 g/mol. The lowest BCUT2D eigenvalue weighted by atomic mass is 10.00. The van der Waals surface area contributed by atoms with E-state index in [-0.39, 0.29) is 11.5 Å². The van der Waals surface area contributed by atoms with E-state index < -0.39 is 6.04 Å². The van der Waals surface area contributed by atoms with Gasteiger partial charge in [0, 0.05) is 23.7 Å². The van der Waals surface area contributed by atoms with Crippen LogP contribution in [0.5, 0.6) is 0 Å². The smallest absolute Gasteiger partial charge is 0.278 e. The molecule has 6 nitrogen and oxygen atoms in total. The van der Waals surface area contributed by atoms with Gasteiger partial charge in [-0.15, -0.1) is 0 Å². The van der Waals surface area contributed by atoms with Gasteiger partial charge in [-0.2, -0.15) is 0 Å². The van der Waals surface area contributed by atoms with Crippen LogP contribution in [0.4, 0.5) is 0 Å². The fraction of sp³-hybridized carbons (Fsp3) is 0.200. The maximum atomic E-state index is 14.1. The second kappa shape index (κ2) is 10.5. The second-order valence-electron chi connectivity index (χ2n) is 8.81. The largest absolute Gasteiger partial charge is 0.354 e. The Kier molecular flexibility index (Phi) is 6.85. The first kappa shape index (κ1) is 23.4. The predicted molar refractivity (Wildman–Crippen MR) is 144 cm³/mol. The second-order valence-corrected chi connectivity index (χ2v) is 8.81. The van der Waals surface area contributed by atoms with Crippen molar-refractivity contribution in [3.63, 3.8) is 0 Å². The highest BCUT2D eigenvalue weighted by Crippen LogP contribution is 2.29. The third-order valence-corrected chi connectivity index (χ3v) is 6.41. The fourth-order valence-corrected chi connectivity index (χ4v) is 4.63. The minimum Gasteiger partial charge on any atom is -0.354 e. The van der Waals surface area contributed by atoms with Crippen molar-refractivity contribution < 1.29 is 4.79 Å². The van der Waals surface area contributed by atoms with E-state index in [0.29, 0.717) is 28.8 Å². The van der Waals surface area contributed by atoms with Crippen LogP contribution in [-0.2, 0) is 4.79 Å². The van der Waals surface area contributed by atoms with Gasteiger partial charge in [0.15, 0.2) is 0 Å². The molecule has 0 aliphatic rings. The highest BCUT2D eigenvalue weighted by molar-refractivity contribution is 5.93. The lowest BCUT2D eigenvalue weighted by Gasteiger charge is -2.23. The number of carbonyl (C=O) groups is 1. The quantitative estimate of drug-likeness (QED) is 0.300. The maximum absolute atomic E-state index is 14.1. The summed E-state index contributed by atoms with van der Waals surface area (Å²) in [7, 11) is 0. The number of para-hydroxylation sites is 3. The number of unbranched alkanes of at least 4 members (excludes halogenated alkanes) is 2. The number of benzene rings is 3. The predicted octanol–water partition coefficient (Wildman–Crippen LogP) is 5.51. The number of pyridine rings is 1. The SMILES string of the molecule is CCCCCNC(=O)C(c1ccnc2ccccc12)n1c(=O)c(-c2ccccc2)nc2ccccc21. The van der Waals surface area contributed by atoms with Gasteiger partial charge in [-0.3, -0.25) is 19.1 Å². The molecule has 0 spiro atoms. The molecule has 6 heteroatoms. The molecule has 2 aromatic heterocycles. The van der Waals surface area contributed by atoms with E-state index in [1.807, 2.05) is 84.9 Å². The Morgan fingerprint density at radius 3 is 2.42 bits per heavy atom. The van der Waals surface area contributed by atoms with E-state index in [0.717, 1.165) is 35.7 Å². The summed E-state index contributed by atoms with van der Waals surface area (Å²) in [5, 5.41) is 3.93. The summed E-state index contributed by atoms with van der Waals surface area (Å²) in [6.45, 7) is 2.68. The fourth-order valence-electron chi connectivity index (χ4n) is 4.63. The summed E-state index contributed by atoms with van der Waals surface area (Å²) in [5.41, 5.74) is 3.48. The third-order valence-electron chi connectivity index (χ3n) is 6.41. The van der Waals surface area contributed by atoms with Crippen molar-refractivity contribution in [1.82, 2.24) is 19.9 Å². The molecule has 0 aliphatic heterocycles. The van der Waals surface area contributed by atoms with Gasteiger partial charge in [0.25, 0.3) is 5.56 Å². The Morgan fingerprint density at radius 1 is 0.889 bits per heavy atom. The van der Waals surface area contributed by atoms with Gasteiger partial charge in [-0.25, -0.2) is 4.98 Å². The molecule has 1 amide bonds. The summed E-state index contributed by atoms with van der Waals surface area (Å²) >= 11 is 0. The van der Waals surface area contributed by atoms with Gasteiger partial charge in [-0.05, 0) is 36.2 Å². The average molecular weight is 477 g/mol. The van der Waals surface area contributed by atoms with Gasteiger partial charge in [-0.1, -0.05) is 80.4 Å². The number of amides is 1. The Bertz CT molecular complexity index is 1570. The van der Waals surface area contributed by atoms with E-state index in [4.69, 9.17) is 4.98 Å². The molecule has 0 fully saturated rings. The van der Waals surface area contributed by atoms with E-state index >= 15 is 0 Å². The highest BCUT2D eigenvalue weighted by Gasteiger charge is 2.28. The van der Waals surface area contributed by atoms with Crippen molar-refractivity contribution in [2.24, 2.45) is 0 Å². The molecule has 2 heterocycles. The number of rotatable bonds is 8. The molecule has 1 N–H and O–H groups in total. The van der Waals surface area contributed by atoms with Crippen molar-refractivity contribution in [2.75, 3.05) is 6.54 Å². The molecule has 5 aromatic rings. The van der Waals surface area contributed by atoms with E-state index in [1.165, 1.54) is 0 Å². The van der Waals surface area contributed by atoms with Crippen molar-refractivity contribution in [3.05, 3.63) is 107 Å². The first-order valence-electron chi connectivity index (χ1n) is 12.4. The van der Waals surface area contributed by atoms with Crippen LogP contribution in [0.3, 0.4) is 0 Å². The van der Waals surface area contributed by atoms with Crippen molar-refractivity contribution in [3.8, 4) is 11.3 Å². The van der Waals surface area contributed by atoms with Crippen LogP contribution in [0.2, 0.25) is 0 Å². The minimum atomic E-state index is -0.887. The zero-order valence-electron chi connectivity index (χ0n) is 20.2. The molecular formula is C30H28N4O2. The van der Waals surface area contributed by atoms with Gasteiger partial charge in [0.2, 0.25) is 5.91 Å². The molecule has 1 unspecified atom stereocenters. The maximum Gasteiger partial charge on any atom is 0.278 e. The first-order valence-corrected chi connectivity index (χ1v) is 12.4. The summed E-state index contributed by atoms with van der Waals surface area (Å²) in [6, 6.07) is 25.5. The standard InChI is InChI=1S/C30H28N4O2/c1-2-3-11-19-32-29(35)28(23-18-20-31-24-15-8-7-14-22(23)24)34-26-17-10-9-16-25(26)33-27(30(34)36)21-12-5-4-6-13-21/h4-10,12-18,20,28H,2-3,11,19H2,1H3,(H,32,35). The zero-order valence-corrected chi connectivity index (χ0v) is 20.2. The van der Waals surface area contributed by atoms with Crippen LogP contribution in [0.15, 0.2) is 95.9 Å². The van der Waals surface area contributed by atoms with E-state index in [9.17, 15) is 9.59 Å². The molecule has 180 valence electrons. The van der Waals surface area contributed by atoms with Gasteiger partial charge in [0.05, 0.1) is 16.6 Å². The lowest BCUT2D eigenvalue weighted by molar-refractivity contribution is -0.123. The number of nitrogens with one attached hydrogen (secondary N) is 1. The Labute approximate surface area is 209 Å². The number of nitrogens with zero attached hydrogens (tertiary/aromatic N) is 3. The van der Waals surface area contributed by atoms with Crippen molar-refractivity contribution in [2.45, 2.75) is 32.2 Å². The van der Waals surface area contributed by atoms with E-state index in [2.05, 4.69) is 17.2 Å². The molecule has 1 atom stereocenters. The topological polar surface area (TPSA) is 76.9 Å². The number of fused-ring (bicyclic) bond motifs is 2. The average Bonchev–Trinajstić information content (AvgIpc) is 2.93. The molecule has 36 heavy (non-hydrogen) atoms. The van der Waals surface area contributed by atoms with Crippen LogP contribution in [0.1, 0.15) is 37.8 Å². The van der Waals surface area contributed by atoms with Crippen LogP contribution in [0.25, 0.3) is 33.2 Å². The van der Waals surface area contributed by atoms with Gasteiger partial charge >= 0.3 is 0 Å². The number of carbonyl (C=O) groups excluding carboxylic acids is 1. The number of hydrogen-bond donors (Lipinski definition) is 1. The molecule has 3 aromatic carbocycles. The van der Waals surface area contributed by atoms with Crippen molar-refractivity contribution >= 4 is 27.8 Å². The normalized spacial score (nSPS) is 12.0. The molecule has 0 saturated carbocycles. The molecule has 0 bridgehead atoms. The van der Waals surface area contributed by atoms with Crippen LogP contribution >= 0.6 is 0 Å². The molecule has 0 radical (unpaired) electrons. The Morgan fingerprint density at radius 2 is 1.61 bits per heavy atom.